The number of halogens is 3. The summed E-state index contributed by atoms with van der Waals surface area (Å²) in [5.41, 5.74) is 1.05. The molecule has 0 radical (unpaired) electrons. The van der Waals surface area contributed by atoms with Crippen LogP contribution < -0.4 is 15.5 Å². The van der Waals surface area contributed by atoms with Crippen LogP contribution in [0.4, 0.5) is 5.82 Å². The maximum absolute atomic E-state index is 12.0. The number of carbonyl (C=O) groups is 1. The zero-order valence-corrected chi connectivity index (χ0v) is 16.9. The first-order chi connectivity index (χ1) is 10.7. The van der Waals surface area contributed by atoms with Gasteiger partial charge in [0.1, 0.15) is 5.82 Å². The molecule has 144 valence electrons. The van der Waals surface area contributed by atoms with E-state index < -0.39 is 0 Å². The molecule has 0 aromatic carbocycles. The summed E-state index contributed by atoms with van der Waals surface area (Å²) in [6, 6.07) is 4.10. The number of aromatic nitrogens is 1. The van der Waals surface area contributed by atoms with Crippen molar-refractivity contribution >= 4 is 48.9 Å². The van der Waals surface area contributed by atoms with Crippen LogP contribution >= 0.6 is 37.2 Å². The lowest BCUT2D eigenvalue weighted by Gasteiger charge is -2.33. The molecule has 1 aromatic rings. The van der Waals surface area contributed by atoms with E-state index in [1.54, 1.807) is 0 Å². The molecule has 1 atom stereocenters. The molecule has 3 rings (SSSR count). The molecule has 6 nitrogen and oxygen atoms in total. The van der Waals surface area contributed by atoms with Gasteiger partial charge in [0.15, 0.2) is 0 Å². The van der Waals surface area contributed by atoms with Gasteiger partial charge in [-0.25, -0.2) is 4.98 Å². The minimum absolute atomic E-state index is 0. The van der Waals surface area contributed by atoms with Crippen LogP contribution in [0.3, 0.4) is 0 Å². The van der Waals surface area contributed by atoms with E-state index in [1.165, 1.54) is 0 Å². The molecule has 25 heavy (non-hydrogen) atoms. The highest BCUT2D eigenvalue weighted by Crippen LogP contribution is 2.13. The van der Waals surface area contributed by atoms with E-state index in [2.05, 4.69) is 44.6 Å². The van der Waals surface area contributed by atoms with E-state index in [4.69, 9.17) is 0 Å². The van der Waals surface area contributed by atoms with Crippen molar-refractivity contribution < 1.29 is 4.79 Å². The summed E-state index contributed by atoms with van der Waals surface area (Å²) in [4.78, 5) is 21.1. The molecule has 2 fully saturated rings. The lowest BCUT2D eigenvalue weighted by Crippen LogP contribution is -2.44. The quantitative estimate of drug-likeness (QED) is 0.784. The van der Waals surface area contributed by atoms with Crippen molar-refractivity contribution in [1.29, 1.82) is 0 Å². The fourth-order valence-electron chi connectivity index (χ4n) is 2.96. The predicted molar refractivity (Wildman–Crippen MR) is 109 cm³/mol. The Hall–Kier alpha value is -0.790. The molecular weight excluding hydrogens is 385 g/mol. The first-order valence-corrected chi connectivity index (χ1v) is 8.12. The number of piperazine rings is 1. The van der Waals surface area contributed by atoms with Crippen molar-refractivity contribution in [1.82, 2.24) is 20.5 Å². The number of likely N-dealkylation sites (N-methyl/N-ethyl adjacent to an activating group) is 1. The average Bonchev–Trinajstić information content (AvgIpc) is 3.08. The average molecular weight is 413 g/mol. The zero-order valence-electron chi connectivity index (χ0n) is 14.4. The number of rotatable bonds is 4. The smallest absolute Gasteiger partial charge is 0.237 e. The van der Waals surface area contributed by atoms with Gasteiger partial charge in [0, 0.05) is 38.9 Å². The number of hydrogen-bond donors (Lipinski definition) is 2. The Kier molecular flexibility index (Phi) is 11.4. The highest BCUT2D eigenvalue weighted by Gasteiger charge is 2.21. The maximum Gasteiger partial charge on any atom is 0.237 e. The van der Waals surface area contributed by atoms with Crippen LogP contribution in [0.5, 0.6) is 0 Å². The molecule has 0 aliphatic carbocycles. The maximum atomic E-state index is 12.0. The summed E-state index contributed by atoms with van der Waals surface area (Å²) < 4.78 is 0. The van der Waals surface area contributed by atoms with Crippen molar-refractivity contribution in [3.63, 3.8) is 0 Å². The SMILES string of the molecule is CN1CCN(c2ccc(CNC(=O)[C@@H]3CCCN3)cn2)CC1.Cl.Cl.Cl. The van der Waals surface area contributed by atoms with E-state index in [0.717, 1.165) is 56.9 Å². The number of hydrogen-bond acceptors (Lipinski definition) is 5. The fourth-order valence-corrected chi connectivity index (χ4v) is 2.96. The molecule has 1 amide bonds. The van der Waals surface area contributed by atoms with Crippen LogP contribution in [0.15, 0.2) is 18.3 Å². The van der Waals surface area contributed by atoms with Crippen molar-refractivity contribution in [2.75, 3.05) is 44.7 Å². The van der Waals surface area contributed by atoms with Gasteiger partial charge in [-0.1, -0.05) is 6.07 Å². The summed E-state index contributed by atoms with van der Waals surface area (Å²) in [6.45, 7) is 5.69. The van der Waals surface area contributed by atoms with Crippen molar-refractivity contribution in [3.05, 3.63) is 23.9 Å². The van der Waals surface area contributed by atoms with Crippen molar-refractivity contribution in [3.8, 4) is 0 Å². The standard InChI is InChI=1S/C16H25N5O.3ClH/c1-20-7-9-21(10-8-20)15-5-4-13(11-18-15)12-19-16(22)14-3-2-6-17-14;;;/h4-5,11,14,17H,2-3,6-10,12H2,1H3,(H,19,22);3*1H/t14-;;;/m0.../s1. The lowest BCUT2D eigenvalue weighted by atomic mass is 10.2. The molecule has 2 aliphatic rings. The number of nitrogens with zero attached hydrogens (tertiary/aromatic N) is 3. The van der Waals surface area contributed by atoms with Gasteiger partial charge in [0.2, 0.25) is 5.91 Å². The van der Waals surface area contributed by atoms with Gasteiger partial charge < -0.3 is 20.4 Å². The second-order valence-corrected chi connectivity index (χ2v) is 6.18. The van der Waals surface area contributed by atoms with Gasteiger partial charge in [-0.15, -0.1) is 37.2 Å². The highest BCUT2D eigenvalue weighted by atomic mass is 35.5. The van der Waals surface area contributed by atoms with E-state index in [1.807, 2.05) is 6.20 Å². The summed E-state index contributed by atoms with van der Waals surface area (Å²) in [6.07, 6.45) is 3.89. The normalized spacial score (nSPS) is 20.0. The van der Waals surface area contributed by atoms with E-state index in [-0.39, 0.29) is 49.2 Å². The Morgan fingerprint density at radius 3 is 2.52 bits per heavy atom. The summed E-state index contributed by atoms with van der Waals surface area (Å²) in [5.74, 6) is 1.13. The Morgan fingerprint density at radius 1 is 1.24 bits per heavy atom. The van der Waals surface area contributed by atoms with Gasteiger partial charge in [0.05, 0.1) is 6.04 Å². The Morgan fingerprint density at radius 2 is 1.96 bits per heavy atom. The molecule has 0 spiro atoms. The monoisotopic (exact) mass is 411 g/mol. The second-order valence-electron chi connectivity index (χ2n) is 6.18. The zero-order chi connectivity index (χ0) is 15.4. The number of pyridine rings is 1. The van der Waals surface area contributed by atoms with E-state index >= 15 is 0 Å². The molecule has 2 aliphatic heterocycles. The van der Waals surface area contributed by atoms with E-state index in [9.17, 15) is 4.79 Å². The third-order valence-corrected chi connectivity index (χ3v) is 4.48. The van der Waals surface area contributed by atoms with Crippen LogP contribution in [0.1, 0.15) is 18.4 Å². The summed E-state index contributed by atoms with van der Waals surface area (Å²) >= 11 is 0. The third-order valence-electron chi connectivity index (χ3n) is 4.48. The minimum atomic E-state index is -0.0161. The van der Waals surface area contributed by atoms with Gasteiger partial charge in [-0.2, -0.15) is 0 Å². The van der Waals surface area contributed by atoms with Gasteiger partial charge in [-0.3, -0.25) is 4.79 Å². The lowest BCUT2D eigenvalue weighted by molar-refractivity contribution is -0.122. The molecule has 0 unspecified atom stereocenters. The van der Waals surface area contributed by atoms with Crippen LogP contribution in [-0.4, -0.2) is 61.6 Å². The molecule has 9 heteroatoms. The Balaban J connectivity index is 0.00000192. The molecule has 0 saturated carbocycles. The Bertz CT molecular complexity index is 503. The van der Waals surface area contributed by atoms with Gasteiger partial charge in [-0.05, 0) is 38.1 Å². The van der Waals surface area contributed by atoms with Crippen molar-refractivity contribution in [2.45, 2.75) is 25.4 Å². The van der Waals surface area contributed by atoms with Crippen LogP contribution in [0, 0.1) is 0 Å². The molecule has 2 saturated heterocycles. The first kappa shape index (κ1) is 24.2. The Labute approximate surface area is 168 Å². The van der Waals surface area contributed by atoms with Crippen LogP contribution in [-0.2, 0) is 11.3 Å². The number of amides is 1. The largest absolute Gasteiger partial charge is 0.354 e. The highest BCUT2D eigenvalue weighted by molar-refractivity contribution is 5.86. The number of anilines is 1. The van der Waals surface area contributed by atoms with E-state index in [0.29, 0.717) is 6.54 Å². The molecule has 1 aromatic heterocycles. The van der Waals surface area contributed by atoms with Gasteiger partial charge >= 0.3 is 0 Å². The molecule has 3 heterocycles. The van der Waals surface area contributed by atoms with Crippen LogP contribution in [0.25, 0.3) is 0 Å². The third kappa shape index (κ3) is 6.79. The fraction of sp³-hybridized carbons (Fsp3) is 0.625. The molecule has 2 N–H and O–H groups in total. The van der Waals surface area contributed by atoms with Gasteiger partial charge in [0.25, 0.3) is 0 Å². The number of nitrogens with one attached hydrogen (secondary N) is 2. The van der Waals surface area contributed by atoms with Crippen molar-refractivity contribution in [2.24, 2.45) is 0 Å². The topological polar surface area (TPSA) is 60.5 Å². The second kappa shape index (κ2) is 11.8. The molecule has 0 bridgehead atoms. The molecular formula is C16H28Cl3N5O. The predicted octanol–water partition coefficient (Wildman–Crippen LogP) is 1.47. The minimum Gasteiger partial charge on any atom is -0.354 e. The summed E-state index contributed by atoms with van der Waals surface area (Å²) in [7, 11) is 2.15. The number of carbonyl (C=O) groups excluding carboxylic acids is 1. The van der Waals surface area contributed by atoms with Crippen LogP contribution in [0.2, 0.25) is 0 Å². The summed E-state index contributed by atoms with van der Waals surface area (Å²) in [5, 5.41) is 6.19. The first-order valence-electron chi connectivity index (χ1n) is 8.12.